The largest absolute Gasteiger partial charge is 0.356 e. The molecule has 2 aromatic heterocycles. The topological polar surface area (TPSA) is 68.3 Å². The van der Waals surface area contributed by atoms with E-state index in [-0.39, 0.29) is 5.82 Å². The third kappa shape index (κ3) is 0.980. The van der Waals surface area contributed by atoms with Crippen molar-refractivity contribution in [3.63, 3.8) is 0 Å². The zero-order valence-electron chi connectivity index (χ0n) is 5.89. The summed E-state index contributed by atoms with van der Waals surface area (Å²) in [7, 11) is 0. The molecule has 0 amide bonds. The Bertz CT molecular complexity index is 456. The van der Waals surface area contributed by atoms with Crippen LogP contribution in [0.15, 0.2) is 28.0 Å². The van der Waals surface area contributed by atoms with E-state index in [1.807, 2.05) is 0 Å². The second-order valence-corrected chi connectivity index (χ2v) is 2.11. The molecule has 2 rings (SSSR count). The SMILES string of the molecule is O=C=Nc1cc2oncc2cn1. The van der Waals surface area contributed by atoms with Crippen LogP contribution in [0, 0.1) is 0 Å². The van der Waals surface area contributed by atoms with Crippen molar-refractivity contribution in [2.75, 3.05) is 0 Å². The molecule has 0 atom stereocenters. The molecule has 0 unspecified atom stereocenters. The molecule has 0 radical (unpaired) electrons. The Morgan fingerprint density at radius 2 is 2.42 bits per heavy atom. The Labute approximate surface area is 66.7 Å². The van der Waals surface area contributed by atoms with Crippen LogP contribution in [0.5, 0.6) is 0 Å². The summed E-state index contributed by atoms with van der Waals surface area (Å²) in [4.78, 5) is 17.0. The normalized spacial score (nSPS) is 9.67. The van der Waals surface area contributed by atoms with E-state index in [0.717, 1.165) is 5.39 Å². The van der Waals surface area contributed by atoms with Crippen molar-refractivity contribution >= 4 is 22.9 Å². The fourth-order valence-electron chi connectivity index (χ4n) is 0.861. The van der Waals surface area contributed by atoms with Crippen LogP contribution in [-0.4, -0.2) is 16.2 Å². The summed E-state index contributed by atoms with van der Waals surface area (Å²) in [6, 6.07) is 1.52. The second-order valence-electron chi connectivity index (χ2n) is 2.11. The highest BCUT2D eigenvalue weighted by molar-refractivity contribution is 5.77. The monoisotopic (exact) mass is 161 g/mol. The quantitative estimate of drug-likeness (QED) is 0.465. The van der Waals surface area contributed by atoms with Gasteiger partial charge in [0.05, 0.1) is 11.6 Å². The number of isocyanates is 1. The number of aromatic nitrogens is 2. The van der Waals surface area contributed by atoms with E-state index in [9.17, 15) is 4.79 Å². The summed E-state index contributed by atoms with van der Waals surface area (Å²) in [6.45, 7) is 0. The number of nitrogens with zero attached hydrogens (tertiary/aromatic N) is 3. The Kier molecular flexibility index (Phi) is 1.43. The van der Waals surface area contributed by atoms with Crippen LogP contribution in [0.4, 0.5) is 5.82 Å². The molecule has 0 aliphatic rings. The van der Waals surface area contributed by atoms with Gasteiger partial charge in [0.1, 0.15) is 0 Å². The summed E-state index contributed by atoms with van der Waals surface area (Å²) in [5.74, 6) is 0.272. The standard InChI is InChI=1S/C7H3N3O2/c11-4-9-7-1-6-5(2-8-7)3-10-12-6/h1-3H. The summed E-state index contributed by atoms with van der Waals surface area (Å²) in [6.07, 6.45) is 4.46. The Morgan fingerprint density at radius 3 is 3.25 bits per heavy atom. The first-order valence-electron chi connectivity index (χ1n) is 3.18. The number of rotatable bonds is 1. The van der Waals surface area contributed by atoms with Crippen LogP contribution < -0.4 is 0 Å². The lowest BCUT2D eigenvalue weighted by Crippen LogP contribution is -1.71. The average molecular weight is 161 g/mol. The molecule has 2 aromatic rings. The van der Waals surface area contributed by atoms with Crippen molar-refractivity contribution in [3.8, 4) is 0 Å². The smallest absolute Gasteiger partial charge is 0.242 e. The summed E-state index contributed by atoms with van der Waals surface area (Å²) in [5.41, 5.74) is 0.555. The van der Waals surface area contributed by atoms with Gasteiger partial charge in [0.15, 0.2) is 11.4 Å². The molecule has 0 saturated heterocycles. The number of pyridine rings is 1. The predicted molar refractivity (Wildman–Crippen MR) is 39.6 cm³/mol. The van der Waals surface area contributed by atoms with Gasteiger partial charge in [-0.15, -0.1) is 4.99 Å². The molecule has 0 saturated carbocycles. The minimum Gasteiger partial charge on any atom is -0.356 e. The Morgan fingerprint density at radius 1 is 1.50 bits per heavy atom. The minimum atomic E-state index is 0.272. The van der Waals surface area contributed by atoms with Crippen molar-refractivity contribution in [1.29, 1.82) is 0 Å². The third-order valence-electron chi connectivity index (χ3n) is 1.38. The number of aliphatic imine (C=N–C) groups is 1. The number of fused-ring (bicyclic) bond motifs is 1. The lowest BCUT2D eigenvalue weighted by molar-refractivity contribution is 0.456. The molecular formula is C7H3N3O2. The predicted octanol–water partition coefficient (Wildman–Crippen LogP) is 1.19. The molecule has 12 heavy (non-hydrogen) atoms. The van der Waals surface area contributed by atoms with Crippen molar-refractivity contribution in [2.45, 2.75) is 0 Å². The lowest BCUT2D eigenvalue weighted by Gasteiger charge is -1.86. The van der Waals surface area contributed by atoms with Gasteiger partial charge in [0.25, 0.3) is 0 Å². The van der Waals surface area contributed by atoms with Crippen molar-refractivity contribution < 1.29 is 9.32 Å². The highest BCUT2D eigenvalue weighted by Gasteiger charge is 1.99. The van der Waals surface area contributed by atoms with E-state index in [0.29, 0.717) is 5.58 Å². The zero-order chi connectivity index (χ0) is 8.39. The molecular weight excluding hydrogens is 158 g/mol. The maximum absolute atomic E-state index is 9.87. The molecule has 0 fully saturated rings. The van der Waals surface area contributed by atoms with E-state index in [1.165, 1.54) is 24.5 Å². The third-order valence-corrected chi connectivity index (χ3v) is 1.38. The van der Waals surface area contributed by atoms with Gasteiger partial charge in [0, 0.05) is 12.3 Å². The molecule has 5 nitrogen and oxygen atoms in total. The second kappa shape index (κ2) is 2.56. The van der Waals surface area contributed by atoms with Crippen molar-refractivity contribution in [2.24, 2.45) is 4.99 Å². The van der Waals surface area contributed by atoms with E-state index in [4.69, 9.17) is 4.52 Å². The van der Waals surface area contributed by atoms with Crippen LogP contribution in [0.1, 0.15) is 0 Å². The van der Waals surface area contributed by atoms with E-state index in [2.05, 4.69) is 15.1 Å². The van der Waals surface area contributed by atoms with Crippen LogP contribution in [0.3, 0.4) is 0 Å². The lowest BCUT2D eigenvalue weighted by atomic mass is 10.3. The van der Waals surface area contributed by atoms with Gasteiger partial charge >= 0.3 is 0 Å². The number of hydrogen-bond donors (Lipinski definition) is 0. The molecule has 0 bridgehead atoms. The fraction of sp³-hybridized carbons (Fsp3) is 0. The van der Waals surface area contributed by atoms with Gasteiger partial charge in [0.2, 0.25) is 6.08 Å². The minimum absolute atomic E-state index is 0.272. The molecule has 0 spiro atoms. The van der Waals surface area contributed by atoms with Gasteiger partial charge in [-0.05, 0) is 0 Å². The van der Waals surface area contributed by atoms with E-state index in [1.54, 1.807) is 0 Å². The molecule has 5 heteroatoms. The molecule has 0 N–H and O–H groups in total. The Balaban J connectivity index is 2.67. The Hall–Kier alpha value is -2.00. The van der Waals surface area contributed by atoms with Gasteiger partial charge < -0.3 is 4.52 Å². The van der Waals surface area contributed by atoms with Gasteiger partial charge in [-0.2, -0.15) is 0 Å². The van der Waals surface area contributed by atoms with Crippen LogP contribution in [0.2, 0.25) is 0 Å². The first kappa shape index (κ1) is 6.69. The highest BCUT2D eigenvalue weighted by Crippen LogP contribution is 2.16. The first-order valence-corrected chi connectivity index (χ1v) is 3.18. The van der Waals surface area contributed by atoms with Gasteiger partial charge in [-0.3, -0.25) is 0 Å². The van der Waals surface area contributed by atoms with E-state index >= 15 is 0 Å². The summed E-state index contributed by atoms with van der Waals surface area (Å²) in [5, 5.41) is 4.32. The first-order chi connectivity index (χ1) is 5.90. The zero-order valence-corrected chi connectivity index (χ0v) is 5.89. The van der Waals surface area contributed by atoms with Crippen molar-refractivity contribution in [3.05, 3.63) is 18.5 Å². The molecule has 0 aromatic carbocycles. The van der Waals surface area contributed by atoms with E-state index < -0.39 is 0 Å². The number of carbonyl (C=O) groups excluding carboxylic acids is 1. The number of hydrogen-bond acceptors (Lipinski definition) is 5. The summed E-state index contributed by atoms with van der Waals surface area (Å²) < 4.78 is 4.83. The fourth-order valence-corrected chi connectivity index (χ4v) is 0.861. The molecule has 58 valence electrons. The van der Waals surface area contributed by atoms with Gasteiger partial charge in [-0.25, -0.2) is 9.78 Å². The summed E-state index contributed by atoms with van der Waals surface area (Å²) >= 11 is 0. The van der Waals surface area contributed by atoms with Gasteiger partial charge in [-0.1, -0.05) is 5.16 Å². The molecule has 0 aliphatic carbocycles. The maximum Gasteiger partial charge on any atom is 0.242 e. The highest BCUT2D eigenvalue weighted by atomic mass is 16.5. The maximum atomic E-state index is 9.87. The van der Waals surface area contributed by atoms with Crippen molar-refractivity contribution in [1.82, 2.24) is 10.1 Å². The van der Waals surface area contributed by atoms with Crippen LogP contribution >= 0.6 is 0 Å². The molecule has 2 heterocycles. The van der Waals surface area contributed by atoms with Crippen LogP contribution in [0.25, 0.3) is 11.0 Å². The average Bonchev–Trinajstić information content (AvgIpc) is 2.51. The van der Waals surface area contributed by atoms with Crippen LogP contribution in [-0.2, 0) is 4.79 Å². The molecule has 0 aliphatic heterocycles.